The number of alkyl halides is 2. The predicted molar refractivity (Wildman–Crippen MR) is 62.6 cm³/mol. The van der Waals surface area contributed by atoms with Gasteiger partial charge in [-0.15, -0.1) is 0 Å². The summed E-state index contributed by atoms with van der Waals surface area (Å²) in [5.74, 6) is -1.35. The van der Waals surface area contributed by atoms with Gasteiger partial charge in [0.1, 0.15) is 0 Å². The Morgan fingerprint density at radius 2 is 1.69 bits per heavy atom. The Kier molecular flexibility index (Phi) is 3.86. The second-order valence-corrected chi connectivity index (χ2v) is 5.80. The first kappa shape index (κ1) is 12.3. The Labute approximate surface area is 97.8 Å². The molecule has 0 aromatic rings. The predicted octanol–water partition coefficient (Wildman–Crippen LogP) is 5.03. The van der Waals surface area contributed by atoms with E-state index in [9.17, 15) is 8.78 Å². The third-order valence-electron chi connectivity index (χ3n) is 4.84. The molecule has 0 nitrogen and oxygen atoms in total. The molecule has 1 unspecified atom stereocenters. The summed E-state index contributed by atoms with van der Waals surface area (Å²) < 4.78 is 27.2. The average molecular weight is 230 g/mol. The summed E-state index contributed by atoms with van der Waals surface area (Å²) in [6.45, 7) is 1.92. The van der Waals surface area contributed by atoms with E-state index in [0.29, 0.717) is 12.3 Å². The van der Waals surface area contributed by atoms with Crippen molar-refractivity contribution in [3.8, 4) is 0 Å². The van der Waals surface area contributed by atoms with Crippen LogP contribution in [0.3, 0.4) is 0 Å². The van der Waals surface area contributed by atoms with E-state index in [-0.39, 0.29) is 12.3 Å². The fraction of sp³-hybridized carbons (Fsp3) is 1.00. The van der Waals surface area contributed by atoms with Crippen LogP contribution in [0.15, 0.2) is 0 Å². The van der Waals surface area contributed by atoms with E-state index in [1.54, 1.807) is 0 Å². The van der Waals surface area contributed by atoms with Gasteiger partial charge in [0.2, 0.25) is 0 Å². The van der Waals surface area contributed by atoms with Gasteiger partial charge < -0.3 is 0 Å². The highest BCUT2D eigenvalue weighted by atomic mass is 19.3. The van der Waals surface area contributed by atoms with Crippen molar-refractivity contribution in [1.29, 1.82) is 0 Å². The molecule has 2 rings (SSSR count). The lowest BCUT2D eigenvalue weighted by atomic mass is 9.68. The molecule has 0 amide bonds. The van der Waals surface area contributed by atoms with Crippen molar-refractivity contribution >= 4 is 0 Å². The molecule has 2 aliphatic rings. The van der Waals surface area contributed by atoms with Crippen LogP contribution < -0.4 is 0 Å². The monoisotopic (exact) mass is 230 g/mol. The van der Waals surface area contributed by atoms with E-state index < -0.39 is 5.92 Å². The minimum Gasteiger partial charge on any atom is -0.207 e. The van der Waals surface area contributed by atoms with E-state index in [0.717, 1.165) is 18.8 Å². The van der Waals surface area contributed by atoms with E-state index in [1.807, 2.05) is 6.92 Å². The quantitative estimate of drug-likeness (QED) is 0.624. The normalized spacial score (nSPS) is 36.2. The summed E-state index contributed by atoms with van der Waals surface area (Å²) in [5, 5.41) is 0. The van der Waals surface area contributed by atoms with Crippen molar-refractivity contribution < 1.29 is 8.78 Å². The van der Waals surface area contributed by atoms with Crippen molar-refractivity contribution in [2.75, 3.05) is 0 Å². The number of hydrogen-bond acceptors (Lipinski definition) is 0. The van der Waals surface area contributed by atoms with Gasteiger partial charge in [0, 0.05) is 12.3 Å². The molecular weight excluding hydrogens is 206 g/mol. The Hall–Kier alpha value is -0.140. The summed E-state index contributed by atoms with van der Waals surface area (Å²) >= 11 is 0. The summed E-state index contributed by atoms with van der Waals surface area (Å²) in [6.07, 6.45) is 8.96. The molecular formula is C14H24F2. The first-order valence-electron chi connectivity index (χ1n) is 7.01. The summed E-state index contributed by atoms with van der Waals surface area (Å²) in [6, 6.07) is 0. The van der Waals surface area contributed by atoms with E-state index in [1.165, 1.54) is 32.1 Å². The lowest BCUT2D eigenvalue weighted by Crippen LogP contribution is -2.37. The van der Waals surface area contributed by atoms with Crippen LogP contribution in [0.5, 0.6) is 0 Å². The van der Waals surface area contributed by atoms with Crippen LogP contribution in [0.1, 0.15) is 64.7 Å². The molecule has 0 aliphatic heterocycles. The molecule has 0 radical (unpaired) electrons. The average Bonchev–Trinajstić information content (AvgIpc) is 2.30. The molecule has 0 spiro atoms. The van der Waals surface area contributed by atoms with Gasteiger partial charge in [0.25, 0.3) is 5.92 Å². The number of rotatable bonds is 2. The minimum atomic E-state index is -2.38. The lowest BCUT2D eigenvalue weighted by Gasteiger charge is -2.40. The summed E-state index contributed by atoms with van der Waals surface area (Å²) in [7, 11) is 0. The van der Waals surface area contributed by atoms with E-state index in [2.05, 4.69) is 0 Å². The van der Waals surface area contributed by atoms with Gasteiger partial charge in [-0.25, -0.2) is 8.78 Å². The van der Waals surface area contributed by atoms with Crippen molar-refractivity contribution in [3.05, 3.63) is 0 Å². The van der Waals surface area contributed by atoms with Gasteiger partial charge >= 0.3 is 0 Å². The number of hydrogen-bond donors (Lipinski definition) is 0. The van der Waals surface area contributed by atoms with Gasteiger partial charge in [0.15, 0.2) is 0 Å². The topological polar surface area (TPSA) is 0 Å². The minimum absolute atomic E-state index is 0.146. The molecule has 0 aromatic heterocycles. The molecule has 0 saturated heterocycles. The van der Waals surface area contributed by atoms with Crippen LogP contribution in [0.2, 0.25) is 0 Å². The van der Waals surface area contributed by atoms with Crippen LogP contribution in [0.4, 0.5) is 8.78 Å². The van der Waals surface area contributed by atoms with Crippen LogP contribution in [0, 0.1) is 17.8 Å². The molecule has 2 atom stereocenters. The van der Waals surface area contributed by atoms with Crippen molar-refractivity contribution in [2.24, 2.45) is 17.8 Å². The molecule has 0 N–H and O–H groups in total. The Morgan fingerprint density at radius 1 is 1.00 bits per heavy atom. The van der Waals surface area contributed by atoms with Crippen LogP contribution in [0.25, 0.3) is 0 Å². The number of halogens is 2. The summed E-state index contributed by atoms with van der Waals surface area (Å²) in [5.41, 5.74) is 0. The highest BCUT2D eigenvalue weighted by Crippen LogP contribution is 2.47. The van der Waals surface area contributed by atoms with E-state index >= 15 is 0 Å². The molecule has 2 heteroatoms. The zero-order valence-electron chi connectivity index (χ0n) is 10.4. The standard InChI is InChI=1S/C14H24F2/c1-2-13-10-12(8-9-14(13,15)16)11-6-4-3-5-7-11/h11-13H,2-10H2,1H3/t12?,13-/m1/s1. The maximum absolute atomic E-state index is 13.6. The zero-order valence-corrected chi connectivity index (χ0v) is 10.4. The first-order chi connectivity index (χ1) is 7.63. The maximum Gasteiger partial charge on any atom is 0.250 e. The molecule has 2 aliphatic carbocycles. The fourth-order valence-corrected chi connectivity index (χ4v) is 3.74. The molecule has 2 fully saturated rings. The van der Waals surface area contributed by atoms with Gasteiger partial charge in [-0.05, 0) is 31.1 Å². The molecule has 0 bridgehead atoms. The molecule has 16 heavy (non-hydrogen) atoms. The third-order valence-corrected chi connectivity index (χ3v) is 4.84. The van der Waals surface area contributed by atoms with Gasteiger partial charge in [0.05, 0.1) is 0 Å². The van der Waals surface area contributed by atoms with Crippen molar-refractivity contribution in [1.82, 2.24) is 0 Å². The van der Waals surface area contributed by atoms with Crippen molar-refractivity contribution in [2.45, 2.75) is 70.6 Å². The van der Waals surface area contributed by atoms with E-state index in [4.69, 9.17) is 0 Å². The smallest absolute Gasteiger partial charge is 0.207 e. The largest absolute Gasteiger partial charge is 0.250 e. The second kappa shape index (κ2) is 5.01. The Balaban J connectivity index is 1.93. The second-order valence-electron chi connectivity index (χ2n) is 5.80. The van der Waals surface area contributed by atoms with Gasteiger partial charge in [-0.2, -0.15) is 0 Å². The highest BCUT2D eigenvalue weighted by Gasteiger charge is 2.44. The van der Waals surface area contributed by atoms with Crippen LogP contribution in [-0.4, -0.2) is 5.92 Å². The van der Waals surface area contributed by atoms with Crippen molar-refractivity contribution in [3.63, 3.8) is 0 Å². The third kappa shape index (κ3) is 2.57. The lowest BCUT2D eigenvalue weighted by molar-refractivity contribution is -0.106. The maximum atomic E-state index is 13.6. The molecule has 0 aromatic carbocycles. The van der Waals surface area contributed by atoms with Crippen LogP contribution in [-0.2, 0) is 0 Å². The molecule has 94 valence electrons. The van der Waals surface area contributed by atoms with Gasteiger partial charge in [-0.1, -0.05) is 39.0 Å². The van der Waals surface area contributed by atoms with Gasteiger partial charge in [-0.3, -0.25) is 0 Å². The summed E-state index contributed by atoms with van der Waals surface area (Å²) in [4.78, 5) is 0. The molecule has 2 saturated carbocycles. The fourth-order valence-electron chi connectivity index (χ4n) is 3.74. The highest BCUT2D eigenvalue weighted by molar-refractivity contribution is 4.88. The SMILES string of the molecule is CC[C@@H]1CC(C2CCCCC2)CCC1(F)F. The first-order valence-corrected chi connectivity index (χ1v) is 7.01. The zero-order chi connectivity index (χ0) is 11.6. The Bertz CT molecular complexity index is 219. The molecule has 0 heterocycles. The van der Waals surface area contributed by atoms with Crippen LogP contribution >= 0.6 is 0 Å². The Morgan fingerprint density at radius 3 is 2.31 bits per heavy atom.